The second-order valence-electron chi connectivity index (χ2n) is 4.12. The first kappa shape index (κ1) is 10.7. The van der Waals surface area contributed by atoms with E-state index in [9.17, 15) is 0 Å². The fraction of sp³-hybridized carbons (Fsp3) is 0.308. The highest BCUT2D eigenvalue weighted by atomic mass is 35.5. The molecule has 0 saturated carbocycles. The summed E-state index contributed by atoms with van der Waals surface area (Å²) < 4.78 is 10.7. The fourth-order valence-corrected chi connectivity index (χ4v) is 2.23. The summed E-state index contributed by atoms with van der Waals surface area (Å²) in [4.78, 5) is 4.10. The average Bonchev–Trinajstić information content (AvgIpc) is 2.96. The van der Waals surface area contributed by atoms with Gasteiger partial charge in [-0.05, 0) is 42.5 Å². The molecule has 1 heterocycles. The van der Waals surface area contributed by atoms with E-state index in [0.29, 0.717) is 11.6 Å². The largest absolute Gasteiger partial charge is 0.417 e. The van der Waals surface area contributed by atoms with Crippen molar-refractivity contribution in [1.82, 2.24) is 4.98 Å². The molecule has 0 N–H and O–H groups in total. The van der Waals surface area contributed by atoms with Crippen molar-refractivity contribution in [3.05, 3.63) is 41.3 Å². The monoisotopic (exact) mass is 249 g/mol. The molecule has 1 aliphatic carbocycles. The number of nitrogens with zero attached hydrogens (tertiary/aromatic N) is 1. The third-order valence-electron chi connectivity index (χ3n) is 2.94. The maximum Gasteiger partial charge on any atom is 0.399 e. The van der Waals surface area contributed by atoms with Crippen LogP contribution in [0, 0.1) is 0 Å². The molecule has 0 saturated heterocycles. The first-order valence-corrected chi connectivity index (χ1v) is 6.18. The average molecular weight is 250 g/mol. The Morgan fingerprint density at radius 1 is 1.29 bits per heavy atom. The number of benzene rings is 1. The van der Waals surface area contributed by atoms with E-state index in [1.54, 1.807) is 0 Å². The van der Waals surface area contributed by atoms with Crippen molar-refractivity contribution in [2.45, 2.75) is 25.1 Å². The summed E-state index contributed by atoms with van der Waals surface area (Å²) in [5, 5.41) is 0. The van der Waals surface area contributed by atoms with Gasteiger partial charge in [0.25, 0.3) is 0 Å². The van der Waals surface area contributed by atoms with Gasteiger partial charge < -0.3 is 9.15 Å². The van der Waals surface area contributed by atoms with Crippen molar-refractivity contribution in [1.29, 1.82) is 0 Å². The quantitative estimate of drug-likeness (QED) is 0.778. The van der Waals surface area contributed by atoms with Gasteiger partial charge in [0.15, 0.2) is 0 Å². The second kappa shape index (κ2) is 4.41. The van der Waals surface area contributed by atoms with Gasteiger partial charge in [0.2, 0.25) is 0 Å². The predicted octanol–water partition coefficient (Wildman–Crippen LogP) is 3.69. The van der Waals surface area contributed by atoms with Gasteiger partial charge >= 0.3 is 6.08 Å². The molecular weight excluding hydrogens is 238 g/mol. The molecule has 2 aromatic rings. The molecule has 1 aromatic carbocycles. The molecule has 0 spiro atoms. The van der Waals surface area contributed by atoms with Crippen molar-refractivity contribution >= 4 is 11.6 Å². The number of aryl methyl sites for hydroxylation is 2. The lowest BCUT2D eigenvalue weighted by Gasteiger charge is -2.03. The van der Waals surface area contributed by atoms with Gasteiger partial charge in [0.05, 0.1) is 11.6 Å². The van der Waals surface area contributed by atoms with Gasteiger partial charge in [0.1, 0.15) is 12.0 Å². The minimum Gasteiger partial charge on any atom is -0.417 e. The van der Waals surface area contributed by atoms with Crippen LogP contribution in [0.5, 0.6) is 11.8 Å². The molecule has 1 aliphatic rings. The van der Waals surface area contributed by atoms with E-state index < -0.39 is 0 Å². The van der Waals surface area contributed by atoms with Gasteiger partial charge in [-0.1, -0.05) is 6.07 Å². The minimum absolute atomic E-state index is 0.249. The zero-order valence-corrected chi connectivity index (χ0v) is 10.0. The molecule has 4 heteroatoms. The summed E-state index contributed by atoms with van der Waals surface area (Å²) in [5.74, 6) is 1.10. The lowest BCUT2D eigenvalue weighted by molar-refractivity contribution is 0.330. The number of aromatic nitrogens is 1. The molecule has 3 rings (SSSR count). The highest BCUT2D eigenvalue weighted by Gasteiger charge is 2.12. The van der Waals surface area contributed by atoms with E-state index in [0.717, 1.165) is 12.2 Å². The molecule has 0 aliphatic heterocycles. The van der Waals surface area contributed by atoms with Crippen molar-refractivity contribution in [3.63, 3.8) is 0 Å². The van der Waals surface area contributed by atoms with Crippen LogP contribution in [0.2, 0.25) is 0 Å². The van der Waals surface area contributed by atoms with Crippen LogP contribution in [0.1, 0.15) is 23.2 Å². The molecule has 0 bridgehead atoms. The van der Waals surface area contributed by atoms with Crippen LogP contribution in [0.25, 0.3) is 0 Å². The highest BCUT2D eigenvalue weighted by Crippen LogP contribution is 2.28. The van der Waals surface area contributed by atoms with Gasteiger partial charge in [0, 0.05) is 0 Å². The standard InChI is InChI=1S/C13H12ClNO2/c14-7-11-8-16-13(15-11)17-12-5-4-9-2-1-3-10(9)6-12/h4-6,8H,1-3,7H2. The number of rotatable bonds is 3. The SMILES string of the molecule is ClCc1coc(Oc2ccc3c(c2)CCC3)n1. The highest BCUT2D eigenvalue weighted by molar-refractivity contribution is 6.16. The topological polar surface area (TPSA) is 35.3 Å². The molecule has 1 aromatic heterocycles. The van der Waals surface area contributed by atoms with E-state index in [-0.39, 0.29) is 6.08 Å². The third-order valence-corrected chi connectivity index (χ3v) is 3.22. The van der Waals surface area contributed by atoms with E-state index >= 15 is 0 Å². The van der Waals surface area contributed by atoms with Gasteiger partial charge in [-0.3, -0.25) is 0 Å². The minimum atomic E-state index is 0.249. The van der Waals surface area contributed by atoms with Crippen molar-refractivity contribution in [2.24, 2.45) is 0 Å². The Labute approximate surface area is 104 Å². The maximum absolute atomic E-state index is 5.64. The molecule has 3 nitrogen and oxygen atoms in total. The van der Waals surface area contributed by atoms with Crippen LogP contribution in [0.3, 0.4) is 0 Å². The summed E-state index contributed by atoms with van der Waals surface area (Å²) in [6.07, 6.45) is 5.29. The molecule has 0 fully saturated rings. The number of hydrogen-bond acceptors (Lipinski definition) is 3. The van der Waals surface area contributed by atoms with Gasteiger partial charge in [-0.25, -0.2) is 0 Å². The molecule has 0 atom stereocenters. The van der Waals surface area contributed by atoms with Crippen LogP contribution >= 0.6 is 11.6 Å². The van der Waals surface area contributed by atoms with E-state index in [1.807, 2.05) is 6.07 Å². The summed E-state index contributed by atoms with van der Waals surface area (Å²) in [6.45, 7) is 0. The molecule has 0 radical (unpaired) electrons. The lowest BCUT2D eigenvalue weighted by Crippen LogP contribution is -1.88. The Balaban J connectivity index is 1.80. The first-order chi connectivity index (χ1) is 8.35. The van der Waals surface area contributed by atoms with E-state index in [4.69, 9.17) is 20.8 Å². The van der Waals surface area contributed by atoms with Gasteiger partial charge in [-0.15, -0.1) is 11.6 Å². The van der Waals surface area contributed by atoms with E-state index in [1.165, 1.54) is 30.2 Å². The number of oxazole rings is 1. The summed E-state index contributed by atoms with van der Waals surface area (Å²) in [7, 11) is 0. The predicted molar refractivity (Wildman–Crippen MR) is 64.6 cm³/mol. The Morgan fingerprint density at radius 3 is 3.00 bits per heavy atom. The van der Waals surface area contributed by atoms with Crippen LogP contribution in [-0.4, -0.2) is 4.98 Å². The van der Waals surface area contributed by atoms with Crippen LogP contribution < -0.4 is 4.74 Å². The van der Waals surface area contributed by atoms with Crippen molar-refractivity contribution in [3.8, 4) is 11.8 Å². The molecule has 88 valence electrons. The second-order valence-corrected chi connectivity index (χ2v) is 4.39. The van der Waals surface area contributed by atoms with Crippen LogP contribution in [0.15, 0.2) is 28.9 Å². The molecule has 0 amide bonds. The van der Waals surface area contributed by atoms with Crippen molar-refractivity contribution in [2.75, 3.05) is 0 Å². The Bertz CT molecular complexity index is 536. The normalized spacial score (nSPS) is 13.7. The molecule has 0 unspecified atom stereocenters. The molecule has 17 heavy (non-hydrogen) atoms. The number of hydrogen-bond donors (Lipinski definition) is 0. The summed E-state index contributed by atoms with van der Waals surface area (Å²) in [5.41, 5.74) is 3.47. The fourth-order valence-electron chi connectivity index (χ4n) is 2.11. The number of fused-ring (bicyclic) bond motifs is 1. The van der Waals surface area contributed by atoms with Crippen molar-refractivity contribution < 1.29 is 9.15 Å². The number of ether oxygens (including phenoxy) is 1. The Hall–Kier alpha value is -1.48. The molecular formula is C13H12ClNO2. The zero-order valence-electron chi connectivity index (χ0n) is 9.28. The van der Waals surface area contributed by atoms with E-state index in [2.05, 4.69) is 17.1 Å². The van der Waals surface area contributed by atoms with Crippen LogP contribution in [-0.2, 0) is 18.7 Å². The zero-order chi connectivity index (χ0) is 11.7. The summed E-state index contributed by atoms with van der Waals surface area (Å²) >= 11 is 5.64. The smallest absolute Gasteiger partial charge is 0.399 e. The summed E-state index contributed by atoms with van der Waals surface area (Å²) in [6, 6.07) is 6.13. The van der Waals surface area contributed by atoms with Gasteiger partial charge in [-0.2, -0.15) is 4.98 Å². The Morgan fingerprint density at radius 2 is 2.18 bits per heavy atom. The maximum atomic E-state index is 5.64. The number of alkyl halides is 1. The van der Waals surface area contributed by atoms with Crippen LogP contribution in [0.4, 0.5) is 0 Å². The lowest BCUT2D eigenvalue weighted by atomic mass is 10.1. The Kier molecular flexibility index (Phi) is 2.77. The first-order valence-electron chi connectivity index (χ1n) is 5.65. The third kappa shape index (κ3) is 2.15. The number of halogens is 1.